The zero-order chi connectivity index (χ0) is 20.0. The van der Waals surface area contributed by atoms with Gasteiger partial charge in [0.15, 0.2) is 13.2 Å². The summed E-state index contributed by atoms with van der Waals surface area (Å²) in [4.78, 5) is 24.0. The summed E-state index contributed by atoms with van der Waals surface area (Å²) < 4.78 is 16.1. The van der Waals surface area contributed by atoms with E-state index in [2.05, 4.69) is 20.8 Å². The summed E-state index contributed by atoms with van der Waals surface area (Å²) in [6.07, 6.45) is 3.02. The molecule has 1 aliphatic rings. The second-order valence-corrected chi connectivity index (χ2v) is 8.13. The fourth-order valence-electron chi connectivity index (χ4n) is 3.79. The Hall–Kier alpha value is -2.04. The smallest absolute Gasteiger partial charge is 0.344 e. The average molecular weight is 376 g/mol. The zero-order valence-corrected chi connectivity index (χ0v) is 17.1. The molecule has 1 fully saturated rings. The van der Waals surface area contributed by atoms with Gasteiger partial charge in [-0.05, 0) is 67.7 Å². The van der Waals surface area contributed by atoms with Crippen molar-refractivity contribution in [3.05, 3.63) is 29.3 Å². The monoisotopic (exact) mass is 376 g/mol. The number of benzene rings is 1. The van der Waals surface area contributed by atoms with E-state index < -0.39 is 11.9 Å². The van der Waals surface area contributed by atoms with Crippen LogP contribution in [0.1, 0.15) is 51.2 Å². The molecule has 0 amide bonds. The summed E-state index contributed by atoms with van der Waals surface area (Å²) in [6, 6.07) is 5.73. The van der Waals surface area contributed by atoms with Crippen molar-refractivity contribution in [1.82, 2.24) is 0 Å². The predicted octanol–water partition coefficient (Wildman–Crippen LogP) is 4.23. The predicted molar refractivity (Wildman–Crippen MR) is 104 cm³/mol. The number of rotatable bonds is 7. The van der Waals surface area contributed by atoms with Crippen molar-refractivity contribution < 1.29 is 23.8 Å². The van der Waals surface area contributed by atoms with Crippen molar-refractivity contribution in [2.24, 2.45) is 17.8 Å². The minimum absolute atomic E-state index is 0.0912. The molecular formula is C22H32O5. The molecule has 0 bridgehead atoms. The number of carbonyl (C=O) groups excluding carboxylic acids is 2. The summed E-state index contributed by atoms with van der Waals surface area (Å²) in [6.45, 7) is 9.82. The van der Waals surface area contributed by atoms with Gasteiger partial charge in [-0.3, -0.25) is 0 Å². The van der Waals surface area contributed by atoms with Crippen molar-refractivity contribution in [3.63, 3.8) is 0 Å². The van der Waals surface area contributed by atoms with E-state index in [1.54, 1.807) is 0 Å². The molecule has 0 aliphatic heterocycles. The van der Waals surface area contributed by atoms with Crippen LogP contribution in [-0.2, 0) is 19.1 Å². The van der Waals surface area contributed by atoms with Gasteiger partial charge in [0.25, 0.3) is 0 Å². The lowest BCUT2D eigenvalue weighted by molar-refractivity contribution is -0.167. The Labute approximate surface area is 162 Å². The van der Waals surface area contributed by atoms with Crippen LogP contribution in [0.2, 0.25) is 0 Å². The molecule has 5 heteroatoms. The second kappa shape index (κ2) is 9.77. The standard InChI is InChI=1S/C22H32O5/c1-14(2)19-7-6-15(3)11-20(19)27-22(24)13-26-21(23)12-25-18-9-16(4)8-17(5)10-18/h8-10,14-15,19-20H,6-7,11-13H2,1-5H3/t15-,19-,20-/m0/s1. The number of hydrogen-bond donors (Lipinski definition) is 0. The maximum atomic E-state index is 12.1. The van der Waals surface area contributed by atoms with Gasteiger partial charge in [-0.25, -0.2) is 9.59 Å². The molecule has 150 valence electrons. The fourth-order valence-corrected chi connectivity index (χ4v) is 3.79. The van der Waals surface area contributed by atoms with E-state index in [-0.39, 0.29) is 19.3 Å². The van der Waals surface area contributed by atoms with Crippen molar-refractivity contribution in [2.45, 2.75) is 60.0 Å². The van der Waals surface area contributed by atoms with Crippen molar-refractivity contribution in [1.29, 1.82) is 0 Å². The number of ether oxygens (including phenoxy) is 3. The highest BCUT2D eigenvalue weighted by Crippen LogP contribution is 2.35. The lowest BCUT2D eigenvalue weighted by Gasteiger charge is -2.36. The lowest BCUT2D eigenvalue weighted by atomic mass is 9.75. The van der Waals surface area contributed by atoms with Gasteiger partial charge in [0.05, 0.1) is 0 Å². The van der Waals surface area contributed by atoms with Crippen molar-refractivity contribution >= 4 is 11.9 Å². The van der Waals surface area contributed by atoms with Crippen LogP contribution in [0.4, 0.5) is 0 Å². The maximum absolute atomic E-state index is 12.1. The van der Waals surface area contributed by atoms with Crippen molar-refractivity contribution in [2.75, 3.05) is 13.2 Å². The maximum Gasteiger partial charge on any atom is 0.344 e. The Balaban J connectivity index is 1.76. The summed E-state index contributed by atoms with van der Waals surface area (Å²) in [5.74, 6) is 0.926. The van der Waals surface area contributed by atoms with E-state index in [0.717, 1.165) is 24.0 Å². The third-order valence-electron chi connectivity index (χ3n) is 5.15. The summed E-state index contributed by atoms with van der Waals surface area (Å²) >= 11 is 0. The highest BCUT2D eigenvalue weighted by atomic mass is 16.6. The highest BCUT2D eigenvalue weighted by molar-refractivity contribution is 5.77. The molecule has 1 aromatic carbocycles. The first-order valence-electron chi connectivity index (χ1n) is 9.80. The Bertz CT molecular complexity index is 632. The van der Waals surface area contributed by atoms with Crippen LogP contribution in [0.25, 0.3) is 0 Å². The zero-order valence-electron chi connectivity index (χ0n) is 17.1. The molecule has 0 heterocycles. The van der Waals surface area contributed by atoms with Gasteiger partial charge in [-0.15, -0.1) is 0 Å². The summed E-state index contributed by atoms with van der Waals surface area (Å²) in [5.41, 5.74) is 2.12. The Morgan fingerprint density at radius 3 is 2.33 bits per heavy atom. The molecule has 3 atom stereocenters. The first kappa shape index (κ1) is 21.3. The first-order valence-corrected chi connectivity index (χ1v) is 9.80. The molecule has 1 aromatic rings. The molecule has 0 saturated heterocycles. The summed E-state index contributed by atoms with van der Waals surface area (Å²) in [5, 5.41) is 0. The van der Waals surface area contributed by atoms with Crippen LogP contribution in [0.15, 0.2) is 18.2 Å². The summed E-state index contributed by atoms with van der Waals surface area (Å²) in [7, 11) is 0. The Morgan fingerprint density at radius 1 is 1.04 bits per heavy atom. The van der Waals surface area contributed by atoms with E-state index >= 15 is 0 Å². The van der Waals surface area contributed by atoms with Crippen LogP contribution < -0.4 is 4.74 Å². The normalized spacial score (nSPS) is 22.4. The molecule has 0 spiro atoms. The fraction of sp³-hybridized carbons (Fsp3) is 0.636. The van der Waals surface area contributed by atoms with Gasteiger partial charge >= 0.3 is 11.9 Å². The van der Waals surface area contributed by atoms with Gasteiger partial charge < -0.3 is 14.2 Å². The van der Waals surface area contributed by atoms with Crippen LogP contribution in [0.5, 0.6) is 5.75 Å². The van der Waals surface area contributed by atoms with E-state index in [9.17, 15) is 9.59 Å². The SMILES string of the molecule is Cc1cc(C)cc(OCC(=O)OCC(=O)O[C@H]2C[C@@H](C)CC[C@H]2C(C)C)c1. The molecule has 0 radical (unpaired) electrons. The molecule has 0 aromatic heterocycles. The van der Waals surface area contributed by atoms with E-state index in [0.29, 0.717) is 23.5 Å². The highest BCUT2D eigenvalue weighted by Gasteiger charge is 2.33. The molecular weight excluding hydrogens is 344 g/mol. The molecule has 2 rings (SSSR count). The molecule has 27 heavy (non-hydrogen) atoms. The average Bonchev–Trinajstić information content (AvgIpc) is 2.57. The lowest BCUT2D eigenvalue weighted by Crippen LogP contribution is -2.37. The largest absolute Gasteiger partial charge is 0.482 e. The third kappa shape index (κ3) is 6.89. The van der Waals surface area contributed by atoms with Gasteiger partial charge in [0, 0.05) is 0 Å². The third-order valence-corrected chi connectivity index (χ3v) is 5.15. The van der Waals surface area contributed by atoms with Crippen LogP contribution in [0, 0.1) is 31.6 Å². The van der Waals surface area contributed by atoms with Crippen molar-refractivity contribution in [3.8, 4) is 5.75 Å². The number of hydrogen-bond acceptors (Lipinski definition) is 5. The van der Waals surface area contributed by atoms with Gasteiger partial charge in [-0.1, -0.05) is 33.3 Å². The van der Waals surface area contributed by atoms with Crippen LogP contribution in [-0.4, -0.2) is 31.3 Å². The van der Waals surface area contributed by atoms with Crippen LogP contribution in [0.3, 0.4) is 0 Å². The van der Waals surface area contributed by atoms with Gasteiger partial charge in [-0.2, -0.15) is 0 Å². The van der Waals surface area contributed by atoms with E-state index in [1.807, 2.05) is 32.0 Å². The number of esters is 2. The Kier molecular flexibility index (Phi) is 7.69. The molecule has 5 nitrogen and oxygen atoms in total. The van der Waals surface area contributed by atoms with E-state index in [1.165, 1.54) is 6.42 Å². The number of aryl methyl sites for hydroxylation is 2. The minimum Gasteiger partial charge on any atom is -0.482 e. The molecule has 0 N–H and O–H groups in total. The van der Waals surface area contributed by atoms with E-state index in [4.69, 9.17) is 14.2 Å². The molecule has 1 aliphatic carbocycles. The number of carbonyl (C=O) groups is 2. The first-order chi connectivity index (χ1) is 12.7. The minimum atomic E-state index is -0.580. The molecule has 0 unspecified atom stereocenters. The second-order valence-electron chi connectivity index (χ2n) is 8.13. The van der Waals surface area contributed by atoms with Gasteiger partial charge in [0.1, 0.15) is 11.9 Å². The topological polar surface area (TPSA) is 61.8 Å². The molecule has 1 saturated carbocycles. The quantitative estimate of drug-likeness (QED) is 0.667. The Morgan fingerprint density at radius 2 is 1.70 bits per heavy atom. The van der Waals surface area contributed by atoms with Crippen LogP contribution >= 0.6 is 0 Å². The van der Waals surface area contributed by atoms with Gasteiger partial charge in [0.2, 0.25) is 0 Å².